The van der Waals surface area contributed by atoms with Crippen molar-refractivity contribution in [3.63, 3.8) is 0 Å². The van der Waals surface area contributed by atoms with E-state index in [0.29, 0.717) is 17.9 Å². The highest BCUT2D eigenvalue weighted by Crippen LogP contribution is 2.24. The Morgan fingerprint density at radius 1 is 0.851 bits per heavy atom. The first-order valence-corrected chi connectivity index (χ1v) is 15.8. The molecule has 5 aromatic rings. The molecule has 0 saturated heterocycles. The Morgan fingerprint density at radius 3 is 2.15 bits per heavy atom. The number of amides is 2. The molecule has 9 nitrogen and oxygen atoms in total. The van der Waals surface area contributed by atoms with E-state index in [0.717, 1.165) is 22.4 Å². The molecule has 0 saturated carbocycles. The molecule has 2 heterocycles. The van der Waals surface area contributed by atoms with Crippen LogP contribution < -0.4 is 15.5 Å². The van der Waals surface area contributed by atoms with Crippen molar-refractivity contribution in [2.24, 2.45) is 0 Å². The third-order valence-electron chi connectivity index (χ3n) is 8.18. The summed E-state index contributed by atoms with van der Waals surface area (Å²) in [7, 11) is 1.90. The van der Waals surface area contributed by atoms with E-state index >= 15 is 0 Å². The number of aliphatic hydroxyl groups excluding tert-OH is 1. The monoisotopic (exact) mass is 631 g/mol. The maximum absolute atomic E-state index is 13.9. The molecule has 2 aromatic heterocycles. The summed E-state index contributed by atoms with van der Waals surface area (Å²) in [5.74, 6) is -0.186. The van der Waals surface area contributed by atoms with Crippen LogP contribution in [0, 0.1) is 0 Å². The zero-order chi connectivity index (χ0) is 33.3. The van der Waals surface area contributed by atoms with Crippen LogP contribution in [0.4, 0.5) is 5.69 Å². The van der Waals surface area contributed by atoms with Crippen LogP contribution in [0.25, 0.3) is 11.5 Å². The van der Waals surface area contributed by atoms with Gasteiger partial charge in [-0.15, -0.1) is 0 Å². The molecule has 5 rings (SSSR count). The number of nitrogens with zero attached hydrogens (tertiary/aromatic N) is 3. The summed E-state index contributed by atoms with van der Waals surface area (Å²) in [6.07, 6.45) is 6.02. The van der Waals surface area contributed by atoms with Gasteiger partial charge in [0.05, 0.1) is 36.3 Å². The second-order valence-corrected chi connectivity index (χ2v) is 12.1. The van der Waals surface area contributed by atoms with E-state index in [-0.39, 0.29) is 35.5 Å². The fourth-order valence-electron chi connectivity index (χ4n) is 5.37. The first-order valence-electron chi connectivity index (χ1n) is 15.8. The van der Waals surface area contributed by atoms with E-state index in [1.165, 1.54) is 12.5 Å². The zero-order valence-electron chi connectivity index (χ0n) is 27.1. The molecule has 3 atom stereocenters. The first kappa shape index (κ1) is 33.1. The van der Waals surface area contributed by atoms with Gasteiger partial charge in [0.1, 0.15) is 6.26 Å². The second kappa shape index (κ2) is 15.3. The Hall–Kier alpha value is -5.28. The number of pyridine rings is 1. The zero-order valence-corrected chi connectivity index (χ0v) is 27.1. The Labute approximate surface area is 275 Å². The lowest BCUT2D eigenvalue weighted by Crippen LogP contribution is -2.49. The van der Waals surface area contributed by atoms with Gasteiger partial charge < -0.3 is 25.1 Å². The van der Waals surface area contributed by atoms with E-state index in [2.05, 4.69) is 40.5 Å². The Bertz CT molecular complexity index is 1760. The summed E-state index contributed by atoms with van der Waals surface area (Å²) in [4.78, 5) is 38.0. The van der Waals surface area contributed by atoms with Crippen LogP contribution in [0.3, 0.4) is 0 Å². The molecule has 0 aliphatic carbocycles. The van der Waals surface area contributed by atoms with Crippen molar-refractivity contribution in [3.8, 4) is 11.5 Å². The first-order chi connectivity index (χ1) is 22.7. The number of nitrogens with one attached hydrogen (secondary N) is 2. The van der Waals surface area contributed by atoms with E-state index in [4.69, 9.17) is 4.42 Å². The van der Waals surface area contributed by atoms with E-state index in [1.807, 2.05) is 85.7 Å². The van der Waals surface area contributed by atoms with Crippen molar-refractivity contribution >= 4 is 17.5 Å². The number of benzene rings is 3. The van der Waals surface area contributed by atoms with Gasteiger partial charge in [-0.2, -0.15) is 0 Å². The SMILES string of the molecule is CC(C)c1cncc(N(C)C[C@@H](O)[C@H](Cc2ccccc2)NC(=O)c2cc(C(=O)N[C@H](C)c3ccccc3)cc(-c3ncco3)c2)c1. The number of rotatable bonds is 13. The van der Waals surface area contributed by atoms with Gasteiger partial charge in [-0.3, -0.25) is 14.6 Å². The molecule has 0 fully saturated rings. The number of hydrogen-bond acceptors (Lipinski definition) is 7. The number of aromatic nitrogens is 2. The normalized spacial score (nSPS) is 13.1. The molecule has 0 bridgehead atoms. The highest BCUT2D eigenvalue weighted by atomic mass is 16.3. The minimum Gasteiger partial charge on any atom is -0.445 e. The lowest BCUT2D eigenvalue weighted by molar-refractivity contribution is 0.0843. The average molecular weight is 632 g/mol. The van der Waals surface area contributed by atoms with Crippen LogP contribution in [-0.4, -0.2) is 52.6 Å². The lowest BCUT2D eigenvalue weighted by Gasteiger charge is -2.29. The third kappa shape index (κ3) is 8.71. The van der Waals surface area contributed by atoms with Crippen LogP contribution in [0.2, 0.25) is 0 Å². The van der Waals surface area contributed by atoms with Gasteiger partial charge in [0.25, 0.3) is 11.8 Å². The van der Waals surface area contributed by atoms with Crippen molar-refractivity contribution in [1.82, 2.24) is 20.6 Å². The third-order valence-corrected chi connectivity index (χ3v) is 8.18. The summed E-state index contributed by atoms with van der Waals surface area (Å²) >= 11 is 0. The topological polar surface area (TPSA) is 121 Å². The number of likely N-dealkylation sites (N-methyl/N-ethyl adjacent to an activating group) is 1. The molecule has 3 aromatic carbocycles. The van der Waals surface area contributed by atoms with Crippen molar-refractivity contribution in [2.45, 2.75) is 51.3 Å². The number of carbonyl (C=O) groups excluding carboxylic acids is 2. The van der Waals surface area contributed by atoms with Gasteiger partial charge >= 0.3 is 0 Å². The maximum atomic E-state index is 13.9. The van der Waals surface area contributed by atoms with Gasteiger partial charge in [0, 0.05) is 36.5 Å². The number of aliphatic hydroxyl groups is 1. The van der Waals surface area contributed by atoms with Gasteiger partial charge in [0.15, 0.2) is 0 Å². The number of oxazole rings is 1. The van der Waals surface area contributed by atoms with Gasteiger partial charge in [-0.05, 0) is 60.2 Å². The molecule has 0 radical (unpaired) electrons. The predicted molar refractivity (Wildman–Crippen MR) is 183 cm³/mol. The standard InChI is InChI=1S/C38H41N5O4/c1-25(2)32-21-33(23-39-22-32)43(4)24-35(44)34(17-27-11-7-5-8-12-27)42-37(46)30-18-29(19-31(20-30)38-40-15-16-47-38)36(45)41-26(3)28-13-9-6-10-14-28/h5-16,18-23,25-26,34-35,44H,17,24H2,1-4H3,(H,41,45)(H,42,46)/t26-,34+,35-/m1/s1. The van der Waals surface area contributed by atoms with Crippen LogP contribution in [-0.2, 0) is 6.42 Å². The smallest absolute Gasteiger partial charge is 0.251 e. The molecule has 9 heteroatoms. The number of anilines is 1. The fourth-order valence-corrected chi connectivity index (χ4v) is 5.37. The van der Waals surface area contributed by atoms with Crippen LogP contribution in [0.5, 0.6) is 0 Å². The van der Waals surface area contributed by atoms with Crippen molar-refractivity contribution in [1.29, 1.82) is 0 Å². The Kier molecular flexibility index (Phi) is 10.8. The quantitative estimate of drug-likeness (QED) is 0.142. The summed E-state index contributed by atoms with van der Waals surface area (Å²) in [5, 5.41) is 17.6. The second-order valence-electron chi connectivity index (χ2n) is 12.1. The molecule has 0 spiro atoms. The minimum atomic E-state index is -0.934. The number of hydrogen-bond donors (Lipinski definition) is 3. The highest BCUT2D eigenvalue weighted by molar-refractivity contribution is 6.01. The van der Waals surface area contributed by atoms with E-state index in [9.17, 15) is 14.7 Å². The Morgan fingerprint density at radius 2 is 1.51 bits per heavy atom. The van der Waals surface area contributed by atoms with Crippen molar-refractivity contribution in [3.05, 3.63) is 138 Å². The highest BCUT2D eigenvalue weighted by Gasteiger charge is 2.26. The summed E-state index contributed by atoms with van der Waals surface area (Å²) in [6.45, 7) is 6.37. The van der Waals surface area contributed by atoms with Gasteiger partial charge in [-0.1, -0.05) is 74.5 Å². The van der Waals surface area contributed by atoms with E-state index < -0.39 is 18.1 Å². The maximum Gasteiger partial charge on any atom is 0.251 e. The lowest BCUT2D eigenvalue weighted by atomic mass is 9.99. The molecular formula is C38H41N5O4. The van der Waals surface area contributed by atoms with Crippen molar-refractivity contribution in [2.75, 3.05) is 18.5 Å². The van der Waals surface area contributed by atoms with Crippen LogP contribution in [0.15, 0.2) is 114 Å². The molecule has 0 unspecified atom stereocenters. The molecule has 242 valence electrons. The van der Waals surface area contributed by atoms with Crippen molar-refractivity contribution < 1.29 is 19.1 Å². The van der Waals surface area contributed by atoms with Gasteiger partial charge in [0.2, 0.25) is 5.89 Å². The molecule has 0 aliphatic rings. The summed E-state index contributed by atoms with van der Waals surface area (Å²) in [5.41, 5.74) is 4.90. The van der Waals surface area contributed by atoms with Gasteiger partial charge in [-0.25, -0.2) is 4.98 Å². The van der Waals surface area contributed by atoms with Crippen LogP contribution in [0.1, 0.15) is 70.1 Å². The molecular weight excluding hydrogens is 590 g/mol. The minimum absolute atomic E-state index is 0.241. The average Bonchev–Trinajstić information content (AvgIpc) is 3.64. The predicted octanol–water partition coefficient (Wildman–Crippen LogP) is 6.19. The van der Waals surface area contributed by atoms with Crippen LogP contribution >= 0.6 is 0 Å². The summed E-state index contributed by atoms with van der Waals surface area (Å²) in [6, 6.07) is 25.4. The molecule has 2 amide bonds. The van der Waals surface area contributed by atoms with E-state index in [1.54, 1.807) is 24.4 Å². The Balaban J connectivity index is 1.40. The summed E-state index contributed by atoms with van der Waals surface area (Å²) < 4.78 is 5.52. The largest absolute Gasteiger partial charge is 0.445 e. The molecule has 47 heavy (non-hydrogen) atoms. The fraction of sp³-hybridized carbons (Fsp3) is 0.263. The number of carbonyl (C=O) groups is 2. The molecule has 0 aliphatic heterocycles. The molecule has 3 N–H and O–H groups in total.